The molecule has 0 fully saturated rings. The Morgan fingerprint density at radius 3 is 2.54 bits per heavy atom. The molecule has 3 N–H and O–H groups in total. The number of hydrogen-bond donors (Lipinski definition) is 2. The fourth-order valence-electron chi connectivity index (χ4n) is 2.07. The zero-order valence-electron chi connectivity index (χ0n) is 14.4. The Balaban J connectivity index is 2.11. The molecule has 1 heterocycles. The summed E-state index contributed by atoms with van der Waals surface area (Å²) in [6.45, 7) is 2.67. The molecular weight excluding hydrogens is 306 g/mol. The van der Waals surface area contributed by atoms with E-state index in [1.807, 2.05) is 43.1 Å². The number of hydrogen-bond acceptors (Lipinski definition) is 7. The van der Waals surface area contributed by atoms with Gasteiger partial charge in [-0.1, -0.05) is 18.2 Å². The maximum atomic E-state index is 11.8. The number of rotatable bonds is 6. The van der Waals surface area contributed by atoms with Crippen LogP contribution in [-0.2, 0) is 11.3 Å². The normalized spacial score (nSPS) is 10.7. The van der Waals surface area contributed by atoms with Crippen LogP contribution in [0.1, 0.15) is 11.4 Å². The predicted molar refractivity (Wildman–Crippen MR) is 93.7 cm³/mol. The van der Waals surface area contributed by atoms with Gasteiger partial charge in [0.05, 0.1) is 13.1 Å². The smallest absolute Gasteiger partial charge is 0.236 e. The van der Waals surface area contributed by atoms with E-state index in [4.69, 9.17) is 5.73 Å². The van der Waals surface area contributed by atoms with Gasteiger partial charge in [-0.3, -0.25) is 9.69 Å². The van der Waals surface area contributed by atoms with Crippen molar-refractivity contribution in [3.05, 3.63) is 35.7 Å². The average Bonchev–Trinajstić information content (AvgIpc) is 2.48. The topological polar surface area (TPSA) is 100 Å². The van der Waals surface area contributed by atoms with E-state index in [2.05, 4.69) is 20.3 Å². The van der Waals surface area contributed by atoms with Crippen LogP contribution in [0, 0.1) is 6.92 Å². The molecule has 0 radical (unpaired) electrons. The Morgan fingerprint density at radius 2 is 1.88 bits per heavy atom. The molecule has 1 aromatic heterocycles. The third kappa shape index (κ3) is 4.88. The van der Waals surface area contributed by atoms with Gasteiger partial charge in [-0.25, -0.2) is 0 Å². The lowest BCUT2D eigenvalue weighted by atomic mass is 10.2. The van der Waals surface area contributed by atoms with Crippen molar-refractivity contribution in [2.45, 2.75) is 13.5 Å². The molecule has 0 bridgehead atoms. The standard InChI is InChI=1S/C16H23N7O/c1-11-7-5-6-8-12(11)18-16-20-13(19-15(17)21-16)9-23(4)10-14(24)22(2)3/h5-8H,9-10H2,1-4H3,(H3,17,18,19,20,21). The molecule has 0 saturated heterocycles. The quantitative estimate of drug-likeness (QED) is 0.816. The van der Waals surface area contributed by atoms with Crippen molar-refractivity contribution in [2.24, 2.45) is 0 Å². The van der Waals surface area contributed by atoms with Crippen LogP contribution in [0.25, 0.3) is 0 Å². The number of anilines is 3. The highest BCUT2D eigenvalue weighted by molar-refractivity contribution is 5.77. The molecule has 2 aromatic rings. The minimum atomic E-state index is 0.0118. The number of nitrogens with zero attached hydrogens (tertiary/aromatic N) is 5. The summed E-state index contributed by atoms with van der Waals surface area (Å²) in [6, 6.07) is 7.83. The molecule has 0 unspecified atom stereocenters. The Bertz CT molecular complexity index is 717. The molecule has 24 heavy (non-hydrogen) atoms. The molecule has 1 amide bonds. The second-order valence-corrected chi connectivity index (χ2v) is 5.83. The highest BCUT2D eigenvalue weighted by Crippen LogP contribution is 2.17. The Labute approximate surface area is 141 Å². The van der Waals surface area contributed by atoms with Gasteiger partial charge in [0, 0.05) is 19.8 Å². The molecule has 8 nitrogen and oxygen atoms in total. The van der Waals surface area contributed by atoms with Crippen LogP contribution in [0.3, 0.4) is 0 Å². The van der Waals surface area contributed by atoms with Crippen molar-refractivity contribution in [1.82, 2.24) is 24.8 Å². The molecule has 0 aliphatic carbocycles. The van der Waals surface area contributed by atoms with E-state index in [9.17, 15) is 4.79 Å². The van der Waals surface area contributed by atoms with Crippen LogP contribution >= 0.6 is 0 Å². The summed E-state index contributed by atoms with van der Waals surface area (Å²) in [5.74, 6) is 1.05. The number of nitrogens with two attached hydrogens (primary N) is 1. The van der Waals surface area contributed by atoms with Gasteiger partial charge in [0.15, 0.2) is 0 Å². The van der Waals surface area contributed by atoms with Gasteiger partial charge in [0.2, 0.25) is 17.8 Å². The number of nitrogen functional groups attached to an aromatic ring is 1. The molecule has 8 heteroatoms. The number of aryl methyl sites for hydroxylation is 1. The van der Waals surface area contributed by atoms with Crippen molar-refractivity contribution < 1.29 is 4.79 Å². The maximum absolute atomic E-state index is 11.8. The van der Waals surface area contributed by atoms with Gasteiger partial charge in [-0.2, -0.15) is 15.0 Å². The molecule has 0 aliphatic heterocycles. The molecule has 0 spiro atoms. The van der Waals surface area contributed by atoms with Gasteiger partial charge >= 0.3 is 0 Å². The summed E-state index contributed by atoms with van der Waals surface area (Å²) in [5.41, 5.74) is 7.76. The summed E-state index contributed by atoms with van der Waals surface area (Å²) >= 11 is 0. The van der Waals surface area contributed by atoms with Gasteiger partial charge in [0.25, 0.3) is 0 Å². The fraction of sp³-hybridized carbons (Fsp3) is 0.375. The number of benzene rings is 1. The van der Waals surface area contributed by atoms with Crippen LogP contribution in [0.4, 0.5) is 17.6 Å². The molecule has 0 atom stereocenters. The SMILES string of the molecule is Cc1ccccc1Nc1nc(N)nc(CN(C)CC(=O)N(C)C)n1. The first-order valence-corrected chi connectivity index (χ1v) is 7.57. The number of amides is 1. The number of likely N-dealkylation sites (N-methyl/N-ethyl adjacent to an activating group) is 2. The molecular formula is C16H23N7O. The number of para-hydroxylation sites is 1. The van der Waals surface area contributed by atoms with Crippen molar-refractivity contribution in [1.29, 1.82) is 0 Å². The molecule has 0 aliphatic rings. The maximum Gasteiger partial charge on any atom is 0.236 e. The lowest BCUT2D eigenvalue weighted by molar-refractivity contribution is -0.129. The van der Waals surface area contributed by atoms with E-state index >= 15 is 0 Å². The Hall–Kier alpha value is -2.74. The number of carbonyl (C=O) groups is 1. The van der Waals surface area contributed by atoms with Crippen LogP contribution in [0.5, 0.6) is 0 Å². The third-order valence-corrected chi connectivity index (χ3v) is 3.41. The number of nitrogens with one attached hydrogen (secondary N) is 1. The summed E-state index contributed by atoms with van der Waals surface area (Å²) in [4.78, 5) is 27.8. The van der Waals surface area contributed by atoms with E-state index in [1.54, 1.807) is 19.0 Å². The molecule has 0 saturated carbocycles. The van der Waals surface area contributed by atoms with Crippen molar-refractivity contribution in [2.75, 3.05) is 38.7 Å². The monoisotopic (exact) mass is 329 g/mol. The number of aromatic nitrogens is 3. The summed E-state index contributed by atoms with van der Waals surface area (Å²) in [5, 5.41) is 3.15. The molecule has 2 rings (SSSR count). The van der Waals surface area contributed by atoms with Gasteiger partial charge < -0.3 is 16.0 Å². The second kappa shape index (κ2) is 7.69. The largest absolute Gasteiger partial charge is 0.368 e. The van der Waals surface area contributed by atoms with Gasteiger partial charge in [0.1, 0.15) is 5.82 Å². The fourth-order valence-corrected chi connectivity index (χ4v) is 2.07. The first-order chi connectivity index (χ1) is 11.3. The zero-order chi connectivity index (χ0) is 17.7. The molecule has 128 valence electrons. The van der Waals surface area contributed by atoms with Gasteiger partial charge in [-0.15, -0.1) is 0 Å². The second-order valence-electron chi connectivity index (χ2n) is 5.83. The Kier molecular flexibility index (Phi) is 5.64. The summed E-state index contributed by atoms with van der Waals surface area (Å²) in [6.07, 6.45) is 0. The van der Waals surface area contributed by atoms with Crippen LogP contribution < -0.4 is 11.1 Å². The average molecular weight is 329 g/mol. The van der Waals surface area contributed by atoms with E-state index in [1.165, 1.54) is 0 Å². The van der Waals surface area contributed by atoms with Crippen LogP contribution in [-0.4, -0.2) is 58.3 Å². The highest BCUT2D eigenvalue weighted by atomic mass is 16.2. The first-order valence-electron chi connectivity index (χ1n) is 7.57. The summed E-state index contributed by atoms with van der Waals surface area (Å²) < 4.78 is 0. The van der Waals surface area contributed by atoms with Crippen molar-refractivity contribution >= 4 is 23.5 Å². The van der Waals surface area contributed by atoms with Crippen molar-refractivity contribution in [3.8, 4) is 0 Å². The highest BCUT2D eigenvalue weighted by Gasteiger charge is 2.12. The van der Waals surface area contributed by atoms with Gasteiger partial charge in [-0.05, 0) is 25.6 Å². The predicted octanol–water partition coefficient (Wildman–Crippen LogP) is 1.03. The first kappa shape index (κ1) is 17.6. The van der Waals surface area contributed by atoms with Crippen LogP contribution in [0.15, 0.2) is 24.3 Å². The van der Waals surface area contributed by atoms with E-state index in [0.29, 0.717) is 18.3 Å². The van der Waals surface area contributed by atoms with E-state index < -0.39 is 0 Å². The minimum absolute atomic E-state index is 0.0118. The lowest BCUT2D eigenvalue weighted by Crippen LogP contribution is -2.34. The third-order valence-electron chi connectivity index (χ3n) is 3.41. The van der Waals surface area contributed by atoms with Crippen molar-refractivity contribution in [3.63, 3.8) is 0 Å². The Morgan fingerprint density at radius 1 is 1.17 bits per heavy atom. The summed E-state index contributed by atoms with van der Waals surface area (Å²) in [7, 11) is 5.28. The lowest BCUT2D eigenvalue weighted by Gasteiger charge is -2.18. The zero-order valence-corrected chi connectivity index (χ0v) is 14.4. The van der Waals surface area contributed by atoms with E-state index in [0.717, 1.165) is 11.3 Å². The minimum Gasteiger partial charge on any atom is -0.368 e. The van der Waals surface area contributed by atoms with E-state index in [-0.39, 0.29) is 18.4 Å². The number of carbonyl (C=O) groups excluding carboxylic acids is 1. The van der Waals surface area contributed by atoms with Crippen LogP contribution in [0.2, 0.25) is 0 Å². The molecule has 1 aromatic carbocycles.